The minimum atomic E-state index is -4.61. The molecule has 5 amide bonds. The third-order valence-corrected chi connectivity index (χ3v) is 8.26. The van der Waals surface area contributed by atoms with Crippen molar-refractivity contribution in [3.05, 3.63) is 35.5 Å². The van der Waals surface area contributed by atoms with Crippen LogP contribution in [0, 0.1) is 6.92 Å². The predicted octanol–water partition coefficient (Wildman–Crippen LogP) is 1.86. The molecule has 0 unspecified atom stereocenters. The van der Waals surface area contributed by atoms with E-state index in [1.807, 2.05) is 5.32 Å². The van der Waals surface area contributed by atoms with E-state index in [1.165, 1.54) is 11.0 Å². The Labute approximate surface area is 285 Å². The molecule has 2 saturated heterocycles. The number of carbonyl (C=O) groups is 6. The molecule has 15 nitrogen and oxygen atoms in total. The molecule has 0 radical (unpaired) electrons. The number of alkyl halides is 3. The molecule has 50 heavy (non-hydrogen) atoms. The van der Waals surface area contributed by atoms with Crippen molar-refractivity contribution >= 4 is 46.6 Å². The molecule has 3 N–H and O–H groups in total. The number of aromatic nitrogens is 1. The van der Waals surface area contributed by atoms with Gasteiger partial charge in [0, 0.05) is 50.6 Å². The topological polar surface area (TPSA) is 188 Å². The van der Waals surface area contributed by atoms with Gasteiger partial charge >= 0.3 is 18.2 Å². The Bertz CT molecular complexity index is 1610. The fourth-order valence-electron chi connectivity index (χ4n) is 5.73. The molecule has 2 fully saturated rings. The summed E-state index contributed by atoms with van der Waals surface area (Å²) in [6.45, 7) is 1.87. The van der Waals surface area contributed by atoms with E-state index in [1.54, 1.807) is 32.0 Å². The molecular weight excluding hydrogens is 669 g/mol. The minimum absolute atomic E-state index is 0.0705. The number of ether oxygens (including phenoxy) is 2. The average molecular weight is 709 g/mol. The molecule has 272 valence electrons. The molecule has 0 bridgehead atoms. The normalized spacial score (nSPS) is 16.9. The lowest BCUT2D eigenvalue weighted by Gasteiger charge is -2.35. The van der Waals surface area contributed by atoms with Crippen molar-refractivity contribution in [3.63, 3.8) is 0 Å². The zero-order valence-corrected chi connectivity index (χ0v) is 27.6. The Morgan fingerprint density at radius 2 is 1.74 bits per heavy atom. The monoisotopic (exact) mass is 708 g/mol. The summed E-state index contributed by atoms with van der Waals surface area (Å²) in [6, 6.07) is 4.09. The van der Waals surface area contributed by atoms with Crippen LogP contribution in [0.15, 0.2) is 24.3 Å². The maximum absolute atomic E-state index is 13.6. The van der Waals surface area contributed by atoms with E-state index in [2.05, 4.69) is 10.3 Å². The second-order valence-electron chi connectivity index (χ2n) is 11.9. The Hall–Kier alpha value is -5.16. The number of aryl methyl sites for hydroxylation is 1. The number of piperazine rings is 1. The highest BCUT2D eigenvalue weighted by Gasteiger charge is 2.37. The first-order valence-corrected chi connectivity index (χ1v) is 16.1. The number of esters is 1. The quantitative estimate of drug-likeness (QED) is 0.275. The van der Waals surface area contributed by atoms with E-state index >= 15 is 0 Å². The average Bonchev–Trinajstić information content (AvgIpc) is 3.57. The number of benzene rings is 1. The number of halogens is 3. The summed E-state index contributed by atoms with van der Waals surface area (Å²) in [5.41, 5.74) is 0.933. The van der Waals surface area contributed by atoms with Crippen LogP contribution in [-0.4, -0.2) is 131 Å². The van der Waals surface area contributed by atoms with Gasteiger partial charge in [-0.05, 0) is 50.8 Å². The predicted molar refractivity (Wildman–Crippen MR) is 169 cm³/mol. The van der Waals surface area contributed by atoms with Crippen molar-refractivity contribution in [1.82, 2.24) is 30.3 Å². The number of fused-ring (bicyclic) bond motifs is 1. The van der Waals surface area contributed by atoms with Crippen LogP contribution < -0.4 is 15.4 Å². The van der Waals surface area contributed by atoms with Gasteiger partial charge in [-0.25, -0.2) is 9.78 Å². The lowest BCUT2D eigenvalue weighted by molar-refractivity contribution is -0.145. The van der Waals surface area contributed by atoms with E-state index in [0.29, 0.717) is 17.3 Å². The number of amides is 5. The maximum atomic E-state index is 13.6. The molecule has 0 saturated carbocycles. The van der Waals surface area contributed by atoms with Crippen molar-refractivity contribution in [2.24, 2.45) is 0 Å². The summed E-state index contributed by atoms with van der Waals surface area (Å²) in [6.07, 6.45) is -5.44. The minimum Gasteiger partial charge on any atom is -0.483 e. The standard InChI is InChI=1S/C32H39F3N6O9/c1-3-49-27(43)9-8-21(30(46)39-11-13-40(14-12-39)31(47)48)38-28(44)23-16-25(20-7-6-19(2)15-22(20)37-23)50-17-26(42)41-10-4-5-24(41)29(45)36-18-32(33,34)35/h6-7,15-16,21,24H,3-5,8-14,17-18H2,1-2H3,(H,36,45)(H,38,44)(H,47,48)/t21-,24-/m0/s1. The number of nitrogens with one attached hydrogen (secondary N) is 2. The summed E-state index contributed by atoms with van der Waals surface area (Å²) in [7, 11) is 0. The number of pyridine rings is 1. The van der Waals surface area contributed by atoms with E-state index in [0.717, 1.165) is 15.4 Å². The van der Waals surface area contributed by atoms with Crippen LogP contribution in [-0.2, 0) is 23.9 Å². The maximum Gasteiger partial charge on any atom is 0.407 e. The van der Waals surface area contributed by atoms with Gasteiger partial charge in [0.25, 0.3) is 11.8 Å². The van der Waals surface area contributed by atoms with Gasteiger partial charge in [-0.3, -0.25) is 24.0 Å². The van der Waals surface area contributed by atoms with Crippen LogP contribution in [0.5, 0.6) is 5.75 Å². The largest absolute Gasteiger partial charge is 0.483 e. The Balaban J connectivity index is 1.52. The number of carbonyl (C=O) groups excluding carboxylic acids is 5. The lowest BCUT2D eigenvalue weighted by Crippen LogP contribution is -2.55. The molecule has 0 spiro atoms. The molecule has 2 atom stereocenters. The van der Waals surface area contributed by atoms with Crippen LogP contribution in [0.3, 0.4) is 0 Å². The highest BCUT2D eigenvalue weighted by Crippen LogP contribution is 2.27. The molecule has 1 aromatic heterocycles. The van der Waals surface area contributed by atoms with Gasteiger partial charge < -0.3 is 39.9 Å². The smallest absolute Gasteiger partial charge is 0.407 e. The van der Waals surface area contributed by atoms with Crippen molar-refractivity contribution in [3.8, 4) is 5.75 Å². The molecule has 2 aliphatic heterocycles. The van der Waals surface area contributed by atoms with Crippen LogP contribution in [0.1, 0.15) is 48.7 Å². The summed E-state index contributed by atoms with van der Waals surface area (Å²) < 4.78 is 48.7. The number of rotatable bonds is 12. The van der Waals surface area contributed by atoms with Crippen LogP contribution >= 0.6 is 0 Å². The fraction of sp³-hybridized carbons (Fsp3) is 0.531. The zero-order chi connectivity index (χ0) is 36.6. The van der Waals surface area contributed by atoms with Crippen molar-refractivity contribution < 1.29 is 56.5 Å². The number of carboxylic acid groups (broad SMARTS) is 1. The number of hydrogen-bond acceptors (Lipinski definition) is 9. The molecule has 18 heteroatoms. The van der Waals surface area contributed by atoms with Gasteiger partial charge in [-0.15, -0.1) is 0 Å². The van der Waals surface area contributed by atoms with E-state index in [4.69, 9.17) is 9.47 Å². The summed E-state index contributed by atoms with van der Waals surface area (Å²) in [5.74, 6) is -3.39. The fourth-order valence-corrected chi connectivity index (χ4v) is 5.73. The first-order valence-electron chi connectivity index (χ1n) is 16.1. The third-order valence-electron chi connectivity index (χ3n) is 8.26. The molecule has 0 aliphatic carbocycles. The highest BCUT2D eigenvalue weighted by atomic mass is 19.4. The zero-order valence-electron chi connectivity index (χ0n) is 27.6. The van der Waals surface area contributed by atoms with Crippen LogP contribution in [0.4, 0.5) is 18.0 Å². The first kappa shape index (κ1) is 37.7. The highest BCUT2D eigenvalue weighted by molar-refractivity contribution is 5.99. The van der Waals surface area contributed by atoms with Gasteiger partial charge in [0.05, 0.1) is 12.1 Å². The second-order valence-corrected chi connectivity index (χ2v) is 11.9. The van der Waals surface area contributed by atoms with Crippen molar-refractivity contribution in [2.75, 3.05) is 52.5 Å². The molecule has 2 aromatic rings. The third kappa shape index (κ3) is 9.94. The first-order chi connectivity index (χ1) is 23.7. The van der Waals surface area contributed by atoms with Gasteiger partial charge in [0.15, 0.2) is 6.61 Å². The summed E-state index contributed by atoms with van der Waals surface area (Å²) >= 11 is 0. The van der Waals surface area contributed by atoms with Gasteiger partial charge in [0.1, 0.15) is 30.1 Å². The van der Waals surface area contributed by atoms with E-state index < -0.39 is 67.1 Å². The SMILES string of the molecule is CCOC(=O)CC[C@H](NC(=O)c1cc(OCC(=O)N2CCC[C@H]2C(=O)NCC(F)(F)F)c2ccc(C)cc2n1)C(=O)N1CCN(C(=O)O)CC1. The number of hydrogen-bond donors (Lipinski definition) is 3. The molecular formula is C32H39F3N6O9. The summed E-state index contributed by atoms with van der Waals surface area (Å²) in [4.78, 5) is 84.3. The second kappa shape index (κ2) is 16.5. The Morgan fingerprint density at radius 3 is 2.40 bits per heavy atom. The van der Waals surface area contributed by atoms with Crippen molar-refractivity contribution in [2.45, 2.75) is 57.8 Å². The van der Waals surface area contributed by atoms with E-state index in [9.17, 15) is 47.0 Å². The number of nitrogens with zero attached hydrogens (tertiary/aromatic N) is 4. The van der Waals surface area contributed by atoms with Crippen molar-refractivity contribution in [1.29, 1.82) is 0 Å². The molecule has 2 aliphatic rings. The van der Waals surface area contributed by atoms with Gasteiger partial charge in [0.2, 0.25) is 11.8 Å². The Kier molecular flexibility index (Phi) is 12.4. The Morgan fingerprint density at radius 1 is 1.04 bits per heavy atom. The molecule has 4 rings (SSSR count). The summed E-state index contributed by atoms with van der Waals surface area (Å²) in [5, 5.41) is 14.1. The van der Waals surface area contributed by atoms with E-state index in [-0.39, 0.29) is 70.0 Å². The van der Waals surface area contributed by atoms with Gasteiger partial charge in [-0.1, -0.05) is 6.07 Å². The van der Waals surface area contributed by atoms with Crippen LogP contribution in [0.25, 0.3) is 10.9 Å². The molecule has 3 heterocycles. The lowest BCUT2D eigenvalue weighted by atomic mass is 10.1. The number of likely N-dealkylation sites (tertiary alicyclic amines) is 1. The van der Waals surface area contributed by atoms with Crippen LogP contribution in [0.2, 0.25) is 0 Å². The van der Waals surface area contributed by atoms with Gasteiger partial charge in [-0.2, -0.15) is 13.2 Å². The molecule has 1 aromatic carbocycles.